The molecule has 81 heavy (non-hydrogen) atoms. The maximum atomic E-state index is 12.9. The molecule has 0 spiro atoms. The summed E-state index contributed by atoms with van der Waals surface area (Å²) in [5, 5.41) is 0. The molecule has 0 rings (SSSR count). The summed E-state index contributed by atoms with van der Waals surface area (Å²) in [6.07, 6.45) is 94.9. The lowest BCUT2D eigenvalue weighted by molar-refractivity contribution is -0.167. The van der Waals surface area contributed by atoms with Crippen LogP contribution in [0.2, 0.25) is 0 Å². The standard InChI is InChI=1S/C75H126O6/c1-4-7-10-13-16-19-22-25-28-31-33-34-35-36-37-38-39-40-42-44-47-50-53-56-59-62-65-68-74(77)80-71-72(70-79-73(76)67-64-61-58-55-52-49-46-43-30-27-24-21-18-15-12-9-6-3)81-75(78)69-66-63-60-57-54-51-48-45-41-32-29-26-23-20-17-14-11-8-5-2/h8,11,17-18,20-22,25-27,29-31,33,35-36,41,45,51,54,72H,4-7,9-10,12-16,19,23-24,28,32,34,37-40,42-44,46-50,52-53,55-71H2,1-3H3/b11-8-,20-17-,21-18-,25-22-,29-26-,30-27-,33-31-,36-35-,45-41-,54-51-. The van der Waals surface area contributed by atoms with Crippen LogP contribution in [-0.4, -0.2) is 37.2 Å². The molecule has 0 aromatic rings. The molecule has 0 amide bonds. The number of hydrogen-bond acceptors (Lipinski definition) is 6. The van der Waals surface area contributed by atoms with E-state index in [0.717, 1.165) is 122 Å². The van der Waals surface area contributed by atoms with Crippen LogP contribution in [0.15, 0.2) is 122 Å². The maximum Gasteiger partial charge on any atom is 0.306 e. The monoisotopic (exact) mass is 1120 g/mol. The van der Waals surface area contributed by atoms with Crippen LogP contribution >= 0.6 is 0 Å². The van der Waals surface area contributed by atoms with Crippen LogP contribution in [0.3, 0.4) is 0 Å². The van der Waals surface area contributed by atoms with Crippen molar-refractivity contribution in [1.29, 1.82) is 0 Å². The Balaban J connectivity index is 4.40. The van der Waals surface area contributed by atoms with Gasteiger partial charge in [0.05, 0.1) is 0 Å². The molecule has 0 aliphatic carbocycles. The second kappa shape index (κ2) is 68.3. The second-order valence-electron chi connectivity index (χ2n) is 22.3. The molecule has 0 N–H and O–H groups in total. The number of rotatable bonds is 61. The molecule has 0 fully saturated rings. The SMILES string of the molecule is CC/C=C\C/C=C\C/C=C\C/C=C\C/C=C\CCCCCC(=O)OC(COC(=O)CCCCCCCCC/C=C\C/C=C\CCCCC)COC(=O)CCCCCCCCCCCCCC/C=C\C/C=C\C/C=C\CCCCCCC. The van der Waals surface area contributed by atoms with Crippen molar-refractivity contribution in [2.75, 3.05) is 13.2 Å². The van der Waals surface area contributed by atoms with E-state index in [2.05, 4.69) is 142 Å². The third-order valence-corrected chi connectivity index (χ3v) is 14.4. The largest absolute Gasteiger partial charge is 0.462 e. The van der Waals surface area contributed by atoms with Gasteiger partial charge in [-0.15, -0.1) is 0 Å². The molecule has 0 radical (unpaired) electrons. The molecule has 1 unspecified atom stereocenters. The van der Waals surface area contributed by atoms with Crippen LogP contribution in [-0.2, 0) is 28.6 Å². The van der Waals surface area contributed by atoms with Gasteiger partial charge in [-0.2, -0.15) is 0 Å². The number of carbonyl (C=O) groups excluding carboxylic acids is 3. The van der Waals surface area contributed by atoms with Crippen molar-refractivity contribution in [2.24, 2.45) is 0 Å². The molecule has 6 nitrogen and oxygen atoms in total. The van der Waals surface area contributed by atoms with Crippen LogP contribution < -0.4 is 0 Å². The van der Waals surface area contributed by atoms with E-state index in [9.17, 15) is 14.4 Å². The average Bonchev–Trinajstić information content (AvgIpc) is 3.47. The van der Waals surface area contributed by atoms with Gasteiger partial charge >= 0.3 is 17.9 Å². The van der Waals surface area contributed by atoms with E-state index in [0.29, 0.717) is 12.8 Å². The molecular formula is C75H126O6. The first-order valence-electron chi connectivity index (χ1n) is 34.0. The van der Waals surface area contributed by atoms with E-state index >= 15 is 0 Å². The number of carbonyl (C=O) groups is 3. The van der Waals surface area contributed by atoms with Crippen LogP contribution in [0.5, 0.6) is 0 Å². The highest BCUT2D eigenvalue weighted by Crippen LogP contribution is 2.16. The van der Waals surface area contributed by atoms with E-state index in [-0.39, 0.29) is 37.5 Å². The van der Waals surface area contributed by atoms with E-state index in [1.54, 1.807) is 0 Å². The smallest absolute Gasteiger partial charge is 0.306 e. The Bertz CT molecular complexity index is 1670. The van der Waals surface area contributed by atoms with E-state index in [4.69, 9.17) is 14.2 Å². The molecule has 0 saturated heterocycles. The minimum absolute atomic E-state index is 0.0966. The summed E-state index contributed by atoms with van der Waals surface area (Å²) in [5.74, 6) is -0.931. The predicted octanol–water partition coefficient (Wildman–Crippen LogP) is 23.6. The van der Waals surface area contributed by atoms with Gasteiger partial charge in [0.1, 0.15) is 13.2 Å². The number of allylic oxidation sites excluding steroid dienone is 20. The molecule has 0 aliphatic heterocycles. The summed E-state index contributed by atoms with van der Waals surface area (Å²) < 4.78 is 16.9. The van der Waals surface area contributed by atoms with Crippen LogP contribution in [0, 0.1) is 0 Å². The van der Waals surface area contributed by atoms with Crippen molar-refractivity contribution < 1.29 is 28.6 Å². The second-order valence-corrected chi connectivity index (χ2v) is 22.3. The fourth-order valence-corrected chi connectivity index (χ4v) is 9.33. The zero-order chi connectivity index (χ0) is 58.5. The summed E-state index contributed by atoms with van der Waals surface area (Å²) in [4.78, 5) is 38.4. The fraction of sp³-hybridized carbons (Fsp3) is 0.693. The number of hydrogen-bond donors (Lipinski definition) is 0. The molecule has 0 aliphatic rings. The summed E-state index contributed by atoms with van der Waals surface area (Å²) >= 11 is 0. The minimum atomic E-state index is -0.805. The van der Waals surface area contributed by atoms with Gasteiger partial charge in [-0.3, -0.25) is 14.4 Å². The Morgan fingerprint density at radius 3 is 0.790 bits per heavy atom. The molecule has 462 valence electrons. The molecule has 0 bridgehead atoms. The summed E-state index contributed by atoms with van der Waals surface area (Å²) in [7, 11) is 0. The highest BCUT2D eigenvalue weighted by Gasteiger charge is 2.19. The number of unbranched alkanes of at least 4 members (excludes halogenated alkanes) is 30. The zero-order valence-electron chi connectivity index (χ0n) is 53.0. The van der Waals surface area contributed by atoms with Crippen molar-refractivity contribution in [3.05, 3.63) is 122 Å². The van der Waals surface area contributed by atoms with Crippen LogP contribution in [0.4, 0.5) is 0 Å². The predicted molar refractivity (Wildman–Crippen MR) is 353 cm³/mol. The molecule has 0 saturated carbocycles. The first kappa shape index (κ1) is 76.8. The summed E-state index contributed by atoms with van der Waals surface area (Å²) in [6.45, 7) is 6.48. The molecular weight excluding hydrogens is 997 g/mol. The van der Waals surface area contributed by atoms with Crippen molar-refractivity contribution in [2.45, 2.75) is 322 Å². The lowest BCUT2D eigenvalue weighted by atomic mass is 10.0. The highest BCUT2D eigenvalue weighted by atomic mass is 16.6. The summed E-state index contributed by atoms with van der Waals surface area (Å²) in [5.41, 5.74) is 0. The van der Waals surface area contributed by atoms with Gasteiger partial charge in [0.15, 0.2) is 6.10 Å². The number of ether oxygens (including phenoxy) is 3. The van der Waals surface area contributed by atoms with E-state index in [1.165, 1.54) is 154 Å². The van der Waals surface area contributed by atoms with Gasteiger partial charge in [-0.05, 0) is 135 Å². The van der Waals surface area contributed by atoms with Gasteiger partial charge in [-0.1, -0.05) is 284 Å². The van der Waals surface area contributed by atoms with E-state index < -0.39 is 6.10 Å². The van der Waals surface area contributed by atoms with E-state index in [1.807, 2.05) is 0 Å². The fourth-order valence-electron chi connectivity index (χ4n) is 9.33. The Morgan fingerprint density at radius 1 is 0.259 bits per heavy atom. The quantitative estimate of drug-likeness (QED) is 0.0261. The van der Waals surface area contributed by atoms with Crippen molar-refractivity contribution in [1.82, 2.24) is 0 Å². The Kier molecular flexibility index (Phi) is 64.8. The highest BCUT2D eigenvalue weighted by molar-refractivity contribution is 5.71. The minimum Gasteiger partial charge on any atom is -0.462 e. The molecule has 0 aromatic carbocycles. The third kappa shape index (κ3) is 66.5. The van der Waals surface area contributed by atoms with Gasteiger partial charge in [-0.25, -0.2) is 0 Å². The van der Waals surface area contributed by atoms with Crippen molar-refractivity contribution in [3.63, 3.8) is 0 Å². The molecule has 0 heterocycles. The normalized spacial score (nSPS) is 12.9. The lowest BCUT2D eigenvalue weighted by Gasteiger charge is -2.18. The van der Waals surface area contributed by atoms with Gasteiger partial charge in [0.2, 0.25) is 0 Å². The number of esters is 3. The first-order chi connectivity index (χ1) is 40.0. The van der Waals surface area contributed by atoms with Gasteiger partial charge < -0.3 is 14.2 Å². The zero-order valence-corrected chi connectivity index (χ0v) is 53.0. The molecule has 6 heteroatoms. The summed E-state index contributed by atoms with van der Waals surface area (Å²) in [6, 6.07) is 0. The Labute approximate surface area is 501 Å². The Morgan fingerprint density at radius 2 is 0.481 bits per heavy atom. The van der Waals surface area contributed by atoms with Crippen LogP contribution in [0.1, 0.15) is 316 Å². The average molecular weight is 1120 g/mol. The molecule has 0 aromatic heterocycles. The van der Waals surface area contributed by atoms with Gasteiger partial charge in [0, 0.05) is 19.3 Å². The lowest BCUT2D eigenvalue weighted by Crippen LogP contribution is -2.30. The van der Waals surface area contributed by atoms with Crippen molar-refractivity contribution in [3.8, 4) is 0 Å². The van der Waals surface area contributed by atoms with Gasteiger partial charge in [0.25, 0.3) is 0 Å². The molecule has 1 atom stereocenters. The Hall–Kier alpha value is -4.19. The first-order valence-corrected chi connectivity index (χ1v) is 34.0. The van der Waals surface area contributed by atoms with Crippen LogP contribution in [0.25, 0.3) is 0 Å². The topological polar surface area (TPSA) is 78.9 Å². The third-order valence-electron chi connectivity index (χ3n) is 14.4. The maximum absolute atomic E-state index is 12.9. The van der Waals surface area contributed by atoms with Crippen molar-refractivity contribution >= 4 is 17.9 Å².